The van der Waals surface area contributed by atoms with Crippen molar-refractivity contribution in [3.8, 4) is 0 Å². The van der Waals surface area contributed by atoms with Gasteiger partial charge in [0.05, 0.1) is 18.2 Å². The summed E-state index contributed by atoms with van der Waals surface area (Å²) < 4.78 is 6.75. The Bertz CT molecular complexity index is 1120. The molecule has 9 heteroatoms. The lowest BCUT2D eigenvalue weighted by molar-refractivity contribution is -0.118. The molecule has 2 aromatic heterocycles. The van der Waals surface area contributed by atoms with Crippen molar-refractivity contribution in [2.24, 2.45) is 5.10 Å². The molecular formula is C20H16N4O2S3. The van der Waals surface area contributed by atoms with E-state index in [9.17, 15) is 4.79 Å². The van der Waals surface area contributed by atoms with E-state index in [4.69, 9.17) is 4.42 Å². The van der Waals surface area contributed by atoms with Crippen molar-refractivity contribution in [1.82, 2.24) is 15.6 Å². The maximum Gasteiger partial charge on any atom is 0.250 e. The molecule has 2 aromatic carbocycles. The Morgan fingerprint density at radius 3 is 2.76 bits per heavy atom. The van der Waals surface area contributed by atoms with Crippen LogP contribution in [0.25, 0.3) is 10.8 Å². The number of nitrogens with zero attached hydrogens (tertiary/aromatic N) is 3. The predicted octanol–water partition coefficient (Wildman–Crippen LogP) is 4.82. The number of hydrogen-bond acceptors (Lipinski definition) is 8. The van der Waals surface area contributed by atoms with Gasteiger partial charge < -0.3 is 4.42 Å². The Morgan fingerprint density at radius 1 is 1.07 bits per heavy atom. The van der Waals surface area contributed by atoms with Crippen molar-refractivity contribution in [3.05, 3.63) is 72.2 Å². The van der Waals surface area contributed by atoms with Gasteiger partial charge in [0.1, 0.15) is 5.76 Å². The number of nitrogens with one attached hydrogen (secondary N) is 1. The zero-order chi connectivity index (χ0) is 19.9. The van der Waals surface area contributed by atoms with E-state index in [-0.39, 0.29) is 11.7 Å². The fraction of sp³-hybridized carbons (Fsp3) is 0.100. The maximum atomic E-state index is 11.9. The summed E-state index contributed by atoms with van der Waals surface area (Å²) in [5, 5.41) is 14.7. The van der Waals surface area contributed by atoms with E-state index in [1.807, 2.05) is 6.07 Å². The first-order chi connectivity index (χ1) is 14.3. The molecule has 0 saturated heterocycles. The van der Waals surface area contributed by atoms with Crippen LogP contribution < -0.4 is 5.43 Å². The van der Waals surface area contributed by atoms with Crippen LogP contribution in [0.5, 0.6) is 0 Å². The Balaban J connectivity index is 1.26. The van der Waals surface area contributed by atoms with Gasteiger partial charge in [0.2, 0.25) is 0 Å². The highest BCUT2D eigenvalue weighted by Gasteiger charge is 2.09. The number of hydrogen-bond donors (Lipinski definition) is 1. The molecule has 1 N–H and O–H groups in total. The first-order valence-electron chi connectivity index (χ1n) is 8.69. The molecule has 4 aromatic rings. The molecule has 0 spiro atoms. The average Bonchev–Trinajstić information content (AvgIpc) is 3.43. The molecule has 0 radical (unpaired) electrons. The summed E-state index contributed by atoms with van der Waals surface area (Å²) >= 11 is 4.49. The normalized spacial score (nSPS) is 11.3. The third-order valence-electron chi connectivity index (χ3n) is 3.87. The molecule has 2 heterocycles. The monoisotopic (exact) mass is 440 g/mol. The van der Waals surface area contributed by atoms with Crippen LogP contribution in [0.15, 0.2) is 79.1 Å². The molecule has 0 atom stereocenters. The standard InChI is InChI=1S/C20H16N4O2S3/c25-18(22-21-11-16-8-4-10-26-16)13-28-20-24-23-19(29-20)27-12-15-7-3-6-14-5-1-2-9-17(14)15/h1-11H,12-13H2,(H,22,25). The number of fused-ring (bicyclic) bond motifs is 1. The van der Waals surface area contributed by atoms with Gasteiger partial charge in [0.25, 0.3) is 5.91 Å². The molecule has 146 valence electrons. The van der Waals surface area contributed by atoms with Crippen LogP contribution in [0.2, 0.25) is 0 Å². The van der Waals surface area contributed by atoms with Gasteiger partial charge in [-0.15, -0.1) is 10.2 Å². The molecule has 0 fully saturated rings. The molecule has 0 aliphatic carbocycles. The van der Waals surface area contributed by atoms with E-state index in [1.165, 1.54) is 45.6 Å². The van der Waals surface area contributed by atoms with Crippen LogP contribution in [0, 0.1) is 0 Å². The fourth-order valence-electron chi connectivity index (χ4n) is 2.56. The Hall–Kier alpha value is -2.62. The van der Waals surface area contributed by atoms with Crippen LogP contribution in [0.4, 0.5) is 0 Å². The number of hydrazone groups is 1. The minimum absolute atomic E-state index is 0.210. The third kappa shape index (κ3) is 5.47. The summed E-state index contributed by atoms with van der Waals surface area (Å²) in [4.78, 5) is 11.9. The minimum atomic E-state index is -0.210. The Labute approximate surface area is 179 Å². The second-order valence-electron chi connectivity index (χ2n) is 5.86. The van der Waals surface area contributed by atoms with Crippen LogP contribution in [0.3, 0.4) is 0 Å². The van der Waals surface area contributed by atoms with Gasteiger partial charge in [-0.2, -0.15) is 5.10 Å². The average molecular weight is 441 g/mol. The molecule has 0 aliphatic heterocycles. The van der Waals surface area contributed by atoms with Crippen LogP contribution in [0.1, 0.15) is 11.3 Å². The van der Waals surface area contributed by atoms with E-state index >= 15 is 0 Å². The smallest absolute Gasteiger partial charge is 0.250 e. The van der Waals surface area contributed by atoms with Gasteiger partial charge in [0.15, 0.2) is 8.68 Å². The molecule has 29 heavy (non-hydrogen) atoms. The third-order valence-corrected chi connectivity index (χ3v) is 7.11. The van der Waals surface area contributed by atoms with E-state index in [0.717, 1.165) is 14.4 Å². The summed E-state index contributed by atoms with van der Waals surface area (Å²) in [6.07, 6.45) is 3.00. The molecule has 0 aliphatic rings. The van der Waals surface area contributed by atoms with E-state index in [0.29, 0.717) is 5.76 Å². The first-order valence-corrected chi connectivity index (χ1v) is 11.5. The molecule has 0 saturated carbocycles. The summed E-state index contributed by atoms with van der Waals surface area (Å²) in [5.74, 6) is 1.41. The first kappa shape index (κ1) is 19.7. The zero-order valence-corrected chi connectivity index (χ0v) is 17.6. The number of aromatic nitrogens is 2. The molecule has 6 nitrogen and oxygen atoms in total. The molecule has 0 unspecified atom stereocenters. The van der Waals surface area contributed by atoms with Crippen molar-refractivity contribution >= 4 is 57.8 Å². The highest BCUT2D eigenvalue weighted by atomic mass is 32.2. The second-order valence-corrected chi connectivity index (χ2v) is 9.28. The Morgan fingerprint density at radius 2 is 1.90 bits per heavy atom. The van der Waals surface area contributed by atoms with Gasteiger partial charge in [-0.3, -0.25) is 4.79 Å². The highest BCUT2D eigenvalue weighted by molar-refractivity contribution is 8.03. The van der Waals surface area contributed by atoms with Crippen molar-refractivity contribution in [2.75, 3.05) is 5.75 Å². The summed E-state index contributed by atoms with van der Waals surface area (Å²) in [6, 6.07) is 18.2. The lowest BCUT2D eigenvalue weighted by Gasteiger charge is -2.04. The predicted molar refractivity (Wildman–Crippen MR) is 119 cm³/mol. The van der Waals surface area contributed by atoms with Gasteiger partial charge in [-0.1, -0.05) is 77.3 Å². The topological polar surface area (TPSA) is 80.4 Å². The number of thioether (sulfide) groups is 2. The number of carbonyl (C=O) groups excluding carboxylic acids is 1. The van der Waals surface area contributed by atoms with Crippen LogP contribution in [-0.2, 0) is 10.5 Å². The lowest BCUT2D eigenvalue weighted by atomic mass is 10.1. The number of furan rings is 1. The highest BCUT2D eigenvalue weighted by Crippen LogP contribution is 2.32. The summed E-state index contributed by atoms with van der Waals surface area (Å²) in [6.45, 7) is 0. The van der Waals surface area contributed by atoms with Crippen LogP contribution >= 0.6 is 34.9 Å². The van der Waals surface area contributed by atoms with Crippen molar-refractivity contribution < 1.29 is 9.21 Å². The van der Waals surface area contributed by atoms with Crippen LogP contribution in [-0.4, -0.2) is 28.1 Å². The minimum Gasteiger partial charge on any atom is -0.463 e. The Kier molecular flexibility index (Phi) is 6.60. The quantitative estimate of drug-likeness (QED) is 0.240. The SMILES string of the molecule is O=C(CSc1nnc(SCc2cccc3ccccc23)s1)NN=Cc1ccco1. The number of benzene rings is 2. The largest absolute Gasteiger partial charge is 0.463 e. The van der Waals surface area contributed by atoms with Crippen molar-refractivity contribution in [1.29, 1.82) is 0 Å². The molecule has 1 amide bonds. The number of rotatable bonds is 8. The van der Waals surface area contributed by atoms with Gasteiger partial charge in [-0.25, -0.2) is 5.43 Å². The molecular weight excluding hydrogens is 424 g/mol. The van der Waals surface area contributed by atoms with Crippen molar-refractivity contribution in [2.45, 2.75) is 14.4 Å². The van der Waals surface area contributed by atoms with E-state index in [1.54, 1.807) is 30.2 Å². The van der Waals surface area contributed by atoms with E-state index < -0.39 is 0 Å². The van der Waals surface area contributed by atoms with Gasteiger partial charge in [0, 0.05) is 5.75 Å². The lowest BCUT2D eigenvalue weighted by Crippen LogP contribution is -2.19. The summed E-state index contributed by atoms with van der Waals surface area (Å²) in [7, 11) is 0. The van der Waals surface area contributed by atoms with Crippen molar-refractivity contribution in [3.63, 3.8) is 0 Å². The maximum absolute atomic E-state index is 11.9. The zero-order valence-electron chi connectivity index (χ0n) is 15.1. The fourth-order valence-corrected chi connectivity index (χ4v) is 5.38. The number of carbonyl (C=O) groups is 1. The molecule has 0 bridgehead atoms. The van der Waals surface area contributed by atoms with E-state index in [2.05, 4.69) is 57.1 Å². The second kappa shape index (κ2) is 9.73. The van der Waals surface area contributed by atoms with Gasteiger partial charge >= 0.3 is 0 Å². The summed E-state index contributed by atoms with van der Waals surface area (Å²) in [5.41, 5.74) is 3.73. The van der Waals surface area contributed by atoms with Gasteiger partial charge in [-0.05, 0) is 28.5 Å². The molecule has 4 rings (SSSR count). The number of amides is 1.